The van der Waals surface area contributed by atoms with Gasteiger partial charge in [0.2, 0.25) is 5.12 Å². The molecule has 0 aliphatic rings. The van der Waals surface area contributed by atoms with Gasteiger partial charge < -0.3 is 4.90 Å². The molecule has 2 rings (SSSR count). The van der Waals surface area contributed by atoms with Crippen LogP contribution in [0.2, 0.25) is 0 Å². The molecule has 0 N–H and O–H groups in total. The second-order valence-corrected chi connectivity index (χ2v) is 5.55. The fourth-order valence-corrected chi connectivity index (χ4v) is 2.69. The number of hydrogen-bond donors (Lipinski definition) is 1. The van der Waals surface area contributed by atoms with Gasteiger partial charge in [0, 0.05) is 24.2 Å². The Hall–Kier alpha value is -2.07. The van der Waals surface area contributed by atoms with E-state index in [1.165, 1.54) is 0 Å². The van der Waals surface area contributed by atoms with Gasteiger partial charge in [-0.05, 0) is 25.5 Å². The number of carbonyl (C=O) groups excluding carboxylic acids is 1. The second-order valence-electron chi connectivity index (χ2n) is 5.15. The lowest BCUT2D eigenvalue weighted by Gasteiger charge is -2.24. The largest absolute Gasteiger partial charge is 0.357 e. The SMILES string of the molecule is CCN(CC)C(=NCc1ccccc1)c1ccccc1C(=O)S. The van der Waals surface area contributed by atoms with Crippen LogP contribution in [-0.2, 0) is 6.54 Å². The molecule has 4 heteroatoms. The molecule has 0 atom stereocenters. The second kappa shape index (κ2) is 8.53. The maximum absolute atomic E-state index is 11.8. The molecule has 23 heavy (non-hydrogen) atoms. The van der Waals surface area contributed by atoms with Crippen molar-refractivity contribution >= 4 is 23.6 Å². The van der Waals surface area contributed by atoms with E-state index in [-0.39, 0.29) is 5.12 Å². The van der Waals surface area contributed by atoms with Crippen LogP contribution in [0.4, 0.5) is 0 Å². The molecule has 0 aliphatic carbocycles. The standard InChI is InChI=1S/C19H22N2OS/c1-3-21(4-2)18(20-14-15-10-6-5-7-11-15)16-12-8-9-13-17(16)19(22)23/h5-13H,3-4,14H2,1-2H3,(H,22,23). The van der Waals surface area contributed by atoms with Crippen molar-refractivity contribution in [1.29, 1.82) is 0 Å². The van der Waals surface area contributed by atoms with E-state index in [0.29, 0.717) is 12.1 Å². The highest BCUT2D eigenvalue weighted by molar-refractivity contribution is 7.97. The third kappa shape index (κ3) is 4.45. The lowest BCUT2D eigenvalue weighted by molar-refractivity contribution is 0.109. The maximum Gasteiger partial charge on any atom is 0.217 e. The molecule has 3 nitrogen and oxygen atoms in total. The van der Waals surface area contributed by atoms with E-state index < -0.39 is 0 Å². The van der Waals surface area contributed by atoms with Crippen molar-refractivity contribution in [2.75, 3.05) is 13.1 Å². The van der Waals surface area contributed by atoms with Crippen LogP contribution in [0.25, 0.3) is 0 Å². The fraction of sp³-hybridized carbons (Fsp3) is 0.263. The smallest absolute Gasteiger partial charge is 0.217 e. The van der Waals surface area contributed by atoms with Crippen LogP contribution in [-0.4, -0.2) is 28.9 Å². The van der Waals surface area contributed by atoms with Gasteiger partial charge in [-0.1, -0.05) is 48.5 Å². The predicted molar refractivity (Wildman–Crippen MR) is 99.4 cm³/mol. The zero-order chi connectivity index (χ0) is 16.7. The molecule has 0 saturated heterocycles. The van der Waals surface area contributed by atoms with Gasteiger partial charge in [0.25, 0.3) is 0 Å². The normalized spacial score (nSPS) is 11.3. The summed E-state index contributed by atoms with van der Waals surface area (Å²) in [5, 5.41) is -0.236. The van der Waals surface area contributed by atoms with Crippen molar-refractivity contribution in [3.63, 3.8) is 0 Å². The number of rotatable bonds is 6. The third-order valence-electron chi connectivity index (χ3n) is 3.72. The molecule has 0 fully saturated rings. The number of amidine groups is 1. The van der Waals surface area contributed by atoms with Crippen LogP contribution in [0.1, 0.15) is 35.3 Å². The van der Waals surface area contributed by atoms with E-state index in [1.807, 2.05) is 36.4 Å². The topological polar surface area (TPSA) is 32.7 Å². The fourth-order valence-electron chi connectivity index (χ4n) is 2.49. The summed E-state index contributed by atoms with van der Waals surface area (Å²) >= 11 is 4.00. The Kier molecular flexibility index (Phi) is 6.41. The molecule has 0 heterocycles. The van der Waals surface area contributed by atoms with Crippen molar-refractivity contribution in [2.45, 2.75) is 20.4 Å². The number of thiol groups is 1. The molecule has 0 radical (unpaired) electrons. The molecule has 0 saturated carbocycles. The van der Waals surface area contributed by atoms with Crippen molar-refractivity contribution in [3.05, 3.63) is 71.3 Å². The zero-order valence-electron chi connectivity index (χ0n) is 13.6. The third-order valence-corrected chi connectivity index (χ3v) is 3.96. The highest BCUT2D eigenvalue weighted by atomic mass is 32.1. The van der Waals surface area contributed by atoms with Gasteiger partial charge in [0.15, 0.2) is 0 Å². The van der Waals surface area contributed by atoms with Gasteiger partial charge in [0.05, 0.1) is 6.54 Å². The van der Waals surface area contributed by atoms with Crippen molar-refractivity contribution < 1.29 is 4.79 Å². The van der Waals surface area contributed by atoms with Gasteiger partial charge in [-0.3, -0.25) is 9.79 Å². The molecule has 2 aromatic rings. The van der Waals surface area contributed by atoms with Crippen LogP contribution < -0.4 is 0 Å². The highest BCUT2D eigenvalue weighted by Crippen LogP contribution is 2.16. The monoisotopic (exact) mass is 326 g/mol. The minimum atomic E-state index is -0.236. The van der Waals surface area contributed by atoms with Crippen molar-refractivity contribution in [3.8, 4) is 0 Å². The maximum atomic E-state index is 11.8. The molecule has 0 bridgehead atoms. The molecule has 0 aliphatic heterocycles. The first-order valence-corrected chi connectivity index (χ1v) is 8.28. The van der Waals surface area contributed by atoms with E-state index in [2.05, 4.69) is 43.5 Å². The summed E-state index contributed by atoms with van der Waals surface area (Å²) in [6.07, 6.45) is 0. The minimum absolute atomic E-state index is 0.236. The molecule has 0 spiro atoms. The summed E-state index contributed by atoms with van der Waals surface area (Å²) in [7, 11) is 0. The summed E-state index contributed by atoms with van der Waals surface area (Å²) in [6, 6.07) is 17.6. The summed E-state index contributed by atoms with van der Waals surface area (Å²) in [5.41, 5.74) is 2.58. The van der Waals surface area contributed by atoms with E-state index in [0.717, 1.165) is 30.1 Å². The predicted octanol–water partition coefficient (Wildman–Crippen LogP) is 4.05. The molecular weight excluding hydrogens is 304 g/mol. The van der Waals surface area contributed by atoms with Gasteiger partial charge in [-0.25, -0.2) is 0 Å². The van der Waals surface area contributed by atoms with Gasteiger partial charge in [-0.15, -0.1) is 12.6 Å². The Labute approximate surface area is 143 Å². The lowest BCUT2D eigenvalue weighted by Crippen LogP contribution is -2.32. The number of benzene rings is 2. The Morgan fingerprint density at radius 3 is 2.09 bits per heavy atom. The summed E-state index contributed by atoms with van der Waals surface area (Å²) < 4.78 is 0. The average molecular weight is 326 g/mol. The van der Waals surface area contributed by atoms with E-state index in [4.69, 9.17) is 4.99 Å². The Morgan fingerprint density at radius 1 is 0.957 bits per heavy atom. The molecule has 0 amide bonds. The highest BCUT2D eigenvalue weighted by Gasteiger charge is 2.16. The van der Waals surface area contributed by atoms with Gasteiger partial charge in [-0.2, -0.15) is 0 Å². The lowest BCUT2D eigenvalue weighted by atomic mass is 10.1. The number of aliphatic imine (C=N–C) groups is 1. The number of hydrogen-bond acceptors (Lipinski definition) is 2. The van der Waals surface area contributed by atoms with Gasteiger partial charge >= 0.3 is 0 Å². The first kappa shape index (κ1) is 17.3. The van der Waals surface area contributed by atoms with E-state index >= 15 is 0 Å². The molecule has 0 aromatic heterocycles. The minimum Gasteiger partial charge on any atom is -0.357 e. The Bertz CT molecular complexity index is 679. The van der Waals surface area contributed by atoms with Crippen LogP contribution in [0.15, 0.2) is 59.6 Å². The Morgan fingerprint density at radius 2 is 1.52 bits per heavy atom. The van der Waals surface area contributed by atoms with E-state index in [9.17, 15) is 4.79 Å². The molecule has 0 unspecified atom stereocenters. The number of nitrogens with zero attached hydrogens (tertiary/aromatic N) is 2. The number of carbonyl (C=O) groups is 1. The summed E-state index contributed by atoms with van der Waals surface area (Å²) in [6.45, 7) is 6.43. The van der Waals surface area contributed by atoms with Crippen LogP contribution in [0.3, 0.4) is 0 Å². The van der Waals surface area contributed by atoms with Crippen LogP contribution >= 0.6 is 12.6 Å². The van der Waals surface area contributed by atoms with E-state index in [1.54, 1.807) is 6.07 Å². The van der Waals surface area contributed by atoms with Crippen LogP contribution in [0.5, 0.6) is 0 Å². The summed E-state index contributed by atoms with van der Waals surface area (Å²) in [4.78, 5) is 18.8. The van der Waals surface area contributed by atoms with Crippen molar-refractivity contribution in [1.82, 2.24) is 4.90 Å². The summed E-state index contributed by atoms with van der Waals surface area (Å²) in [5.74, 6) is 0.844. The van der Waals surface area contributed by atoms with Crippen LogP contribution in [0, 0.1) is 0 Å². The quantitative estimate of drug-likeness (QED) is 0.493. The van der Waals surface area contributed by atoms with Crippen molar-refractivity contribution in [2.24, 2.45) is 4.99 Å². The first-order valence-electron chi connectivity index (χ1n) is 7.83. The average Bonchev–Trinajstić information content (AvgIpc) is 2.59. The molecular formula is C19H22N2OS. The molecule has 2 aromatic carbocycles. The molecule has 120 valence electrons. The zero-order valence-corrected chi connectivity index (χ0v) is 14.5. The first-order chi connectivity index (χ1) is 11.2. The van der Waals surface area contributed by atoms with Gasteiger partial charge in [0.1, 0.15) is 5.84 Å². The Balaban J connectivity index is 2.44.